The number of amides is 1. The van der Waals surface area contributed by atoms with Gasteiger partial charge in [0.1, 0.15) is 5.75 Å². The average Bonchev–Trinajstić information content (AvgIpc) is 3.18. The van der Waals surface area contributed by atoms with Gasteiger partial charge in [-0.15, -0.1) is 5.10 Å². The normalized spacial score (nSPS) is 18.0. The highest BCUT2D eigenvalue weighted by atomic mass is 16.5. The molecule has 0 bridgehead atoms. The Morgan fingerprint density at radius 2 is 2.29 bits per heavy atom. The fraction of sp³-hybridized carbons (Fsp3) is 0.400. The number of nitrogens with zero attached hydrogens (tertiary/aromatic N) is 4. The molecule has 0 aliphatic carbocycles. The number of likely N-dealkylation sites (tertiary alicyclic amines) is 1. The van der Waals surface area contributed by atoms with Gasteiger partial charge in [0.25, 0.3) is 0 Å². The third kappa shape index (κ3) is 2.89. The maximum absolute atomic E-state index is 12.4. The molecule has 6 heteroatoms. The maximum Gasteiger partial charge on any atom is 0.227 e. The van der Waals surface area contributed by atoms with Gasteiger partial charge in [-0.1, -0.05) is 23.4 Å². The fourth-order valence-corrected chi connectivity index (χ4v) is 2.72. The summed E-state index contributed by atoms with van der Waals surface area (Å²) in [5, 5.41) is 7.83. The molecule has 1 aliphatic heterocycles. The van der Waals surface area contributed by atoms with Gasteiger partial charge < -0.3 is 9.64 Å². The molecule has 2 heterocycles. The van der Waals surface area contributed by atoms with Crippen LogP contribution in [0.4, 0.5) is 0 Å². The van der Waals surface area contributed by atoms with Gasteiger partial charge in [0.15, 0.2) is 0 Å². The highest BCUT2D eigenvalue weighted by Crippen LogP contribution is 2.23. The lowest BCUT2D eigenvalue weighted by atomic mass is 10.1. The van der Waals surface area contributed by atoms with E-state index >= 15 is 0 Å². The molecule has 0 saturated carbocycles. The number of para-hydroxylation sites is 1. The summed E-state index contributed by atoms with van der Waals surface area (Å²) in [6.07, 6.45) is 4.80. The molecule has 1 aromatic carbocycles. The van der Waals surface area contributed by atoms with Gasteiger partial charge in [-0.25, -0.2) is 4.68 Å². The van der Waals surface area contributed by atoms with Crippen LogP contribution in [-0.4, -0.2) is 46.0 Å². The minimum Gasteiger partial charge on any atom is -0.496 e. The molecule has 3 rings (SSSR count). The van der Waals surface area contributed by atoms with E-state index in [-0.39, 0.29) is 11.9 Å². The van der Waals surface area contributed by atoms with E-state index in [0.29, 0.717) is 13.0 Å². The lowest BCUT2D eigenvalue weighted by Gasteiger charge is -2.17. The van der Waals surface area contributed by atoms with Crippen molar-refractivity contribution in [2.24, 2.45) is 0 Å². The van der Waals surface area contributed by atoms with Gasteiger partial charge >= 0.3 is 0 Å². The number of hydrogen-bond donors (Lipinski definition) is 0. The van der Waals surface area contributed by atoms with Crippen molar-refractivity contribution in [1.29, 1.82) is 0 Å². The van der Waals surface area contributed by atoms with Crippen LogP contribution in [-0.2, 0) is 11.2 Å². The van der Waals surface area contributed by atoms with Gasteiger partial charge in [-0.05, 0) is 12.5 Å². The number of rotatable bonds is 4. The van der Waals surface area contributed by atoms with E-state index in [1.165, 1.54) is 0 Å². The largest absolute Gasteiger partial charge is 0.496 e. The summed E-state index contributed by atoms with van der Waals surface area (Å²) < 4.78 is 7.13. The lowest BCUT2D eigenvalue weighted by Crippen LogP contribution is -2.30. The highest BCUT2D eigenvalue weighted by molar-refractivity contribution is 5.79. The summed E-state index contributed by atoms with van der Waals surface area (Å²) in [4.78, 5) is 14.3. The zero-order valence-electron chi connectivity index (χ0n) is 12.0. The van der Waals surface area contributed by atoms with Crippen molar-refractivity contribution >= 4 is 5.91 Å². The Bertz CT molecular complexity index is 612. The third-order valence-electron chi connectivity index (χ3n) is 3.87. The summed E-state index contributed by atoms with van der Waals surface area (Å²) in [7, 11) is 1.62. The van der Waals surface area contributed by atoms with E-state index in [2.05, 4.69) is 10.3 Å². The Balaban J connectivity index is 1.64. The Morgan fingerprint density at radius 1 is 1.43 bits per heavy atom. The molecular formula is C15H18N4O2. The number of aromatic nitrogens is 3. The first-order chi connectivity index (χ1) is 10.3. The number of carbonyl (C=O) groups excluding carboxylic acids is 1. The SMILES string of the molecule is COc1ccccc1CC(=O)N1CC[C@H](n2ccnn2)C1. The number of methoxy groups -OCH3 is 1. The van der Waals surface area contributed by atoms with Crippen LogP contribution in [0.15, 0.2) is 36.7 Å². The van der Waals surface area contributed by atoms with E-state index in [0.717, 1.165) is 24.3 Å². The predicted octanol–water partition coefficient (Wildman–Crippen LogP) is 1.30. The molecule has 21 heavy (non-hydrogen) atoms. The van der Waals surface area contributed by atoms with Gasteiger partial charge in [-0.2, -0.15) is 0 Å². The van der Waals surface area contributed by atoms with Crippen LogP contribution in [0.25, 0.3) is 0 Å². The number of carbonyl (C=O) groups is 1. The van der Waals surface area contributed by atoms with Crippen molar-refractivity contribution in [2.75, 3.05) is 20.2 Å². The number of benzene rings is 1. The number of ether oxygens (including phenoxy) is 1. The van der Waals surface area contributed by atoms with Crippen molar-refractivity contribution in [3.8, 4) is 5.75 Å². The van der Waals surface area contributed by atoms with E-state index in [9.17, 15) is 4.79 Å². The summed E-state index contributed by atoms with van der Waals surface area (Å²) in [6.45, 7) is 1.45. The van der Waals surface area contributed by atoms with Gasteiger partial charge in [-0.3, -0.25) is 4.79 Å². The van der Waals surface area contributed by atoms with Crippen LogP contribution in [0.1, 0.15) is 18.0 Å². The second kappa shape index (κ2) is 5.95. The molecule has 0 N–H and O–H groups in total. The van der Waals surface area contributed by atoms with Crippen LogP contribution in [0.3, 0.4) is 0 Å². The molecule has 0 unspecified atom stereocenters. The Kier molecular flexibility index (Phi) is 3.85. The second-order valence-electron chi connectivity index (χ2n) is 5.15. The van der Waals surface area contributed by atoms with Crippen LogP contribution in [0, 0.1) is 0 Å². The van der Waals surface area contributed by atoms with E-state index in [1.54, 1.807) is 13.3 Å². The topological polar surface area (TPSA) is 60.2 Å². The molecular weight excluding hydrogens is 268 g/mol. The molecule has 1 saturated heterocycles. The smallest absolute Gasteiger partial charge is 0.227 e. The standard InChI is InChI=1S/C15H18N4O2/c1-21-14-5-3-2-4-12(14)10-15(20)18-8-6-13(11-18)19-9-7-16-17-19/h2-5,7,9,13H,6,8,10-11H2,1H3/t13-/m0/s1. The van der Waals surface area contributed by atoms with Gasteiger partial charge in [0.2, 0.25) is 5.91 Å². The summed E-state index contributed by atoms with van der Waals surface area (Å²) in [5.74, 6) is 0.889. The first-order valence-corrected chi connectivity index (χ1v) is 7.03. The summed E-state index contributed by atoms with van der Waals surface area (Å²) in [5.41, 5.74) is 0.925. The second-order valence-corrected chi connectivity index (χ2v) is 5.15. The van der Waals surface area contributed by atoms with E-state index in [1.807, 2.05) is 40.0 Å². The Hall–Kier alpha value is -2.37. The average molecular weight is 286 g/mol. The predicted molar refractivity (Wildman–Crippen MR) is 77.0 cm³/mol. The Morgan fingerprint density at radius 3 is 3.05 bits per heavy atom. The van der Waals surface area contributed by atoms with Gasteiger partial charge in [0.05, 0.1) is 25.8 Å². The van der Waals surface area contributed by atoms with E-state index < -0.39 is 0 Å². The Labute approximate surface area is 123 Å². The van der Waals surface area contributed by atoms with Crippen LogP contribution < -0.4 is 4.74 Å². The molecule has 1 fully saturated rings. The molecule has 110 valence electrons. The van der Waals surface area contributed by atoms with Crippen molar-refractivity contribution in [3.05, 3.63) is 42.2 Å². The number of hydrogen-bond acceptors (Lipinski definition) is 4. The lowest BCUT2D eigenvalue weighted by molar-refractivity contribution is -0.129. The molecule has 0 spiro atoms. The van der Waals surface area contributed by atoms with Crippen molar-refractivity contribution in [3.63, 3.8) is 0 Å². The van der Waals surface area contributed by atoms with Crippen LogP contribution >= 0.6 is 0 Å². The van der Waals surface area contributed by atoms with Crippen LogP contribution in [0.5, 0.6) is 5.75 Å². The minimum atomic E-state index is 0.127. The van der Waals surface area contributed by atoms with Crippen LogP contribution in [0.2, 0.25) is 0 Å². The van der Waals surface area contributed by atoms with E-state index in [4.69, 9.17) is 4.74 Å². The summed E-state index contributed by atoms with van der Waals surface area (Å²) >= 11 is 0. The maximum atomic E-state index is 12.4. The fourth-order valence-electron chi connectivity index (χ4n) is 2.72. The van der Waals surface area contributed by atoms with Gasteiger partial charge in [0, 0.05) is 24.8 Å². The molecule has 2 aromatic rings. The van der Waals surface area contributed by atoms with Crippen molar-refractivity contribution in [2.45, 2.75) is 18.9 Å². The molecule has 0 radical (unpaired) electrons. The summed E-state index contributed by atoms with van der Waals surface area (Å²) in [6, 6.07) is 7.87. The molecule has 6 nitrogen and oxygen atoms in total. The highest BCUT2D eigenvalue weighted by Gasteiger charge is 2.28. The third-order valence-corrected chi connectivity index (χ3v) is 3.87. The quantitative estimate of drug-likeness (QED) is 0.850. The first kappa shape index (κ1) is 13.6. The van der Waals surface area contributed by atoms with Crippen molar-refractivity contribution < 1.29 is 9.53 Å². The molecule has 1 amide bonds. The molecule has 1 atom stereocenters. The molecule has 1 aromatic heterocycles. The minimum absolute atomic E-state index is 0.127. The monoisotopic (exact) mass is 286 g/mol. The first-order valence-electron chi connectivity index (χ1n) is 7.03. The van der Waals surface area contributed by atoms with Crippen molar-refractivity contribution in [1.82, 2.24) is 19.9 Å². The zero-order chi connectivity index (χ0) is 14.7. The zero-order valence-corrected chi connectivity index (χ0v) is 12.0. The molecule has 1 aliphatic rings.